The van der Waals surface area contributed by atoms with Crippen molar-refractivity contribution in [2.45, 2.75) is 58.2 Å². The first-order valence-electron chi connectivity index (χ1n) is 8.61. The Morgan fingerprint density at radius 2 is 2.22 bits per heavy atom. The summed E-state index contributed by atoms with van der Waals surface area (Å²) in [7, 11) is 0. The molecule has 0 radical (unpaired) electrons. The van der Waals surface area contributed by atoms with Crippen LogP contribution in [0.15, 0.2) is 24.3 Å². The summed E-state index contributed by atoms with van der Waals surface area (Å²) in [4.78, 5) is 14.3. The topological polar surface area (TPSA) is 64.6 Å². The second-order valence-corrected chi connectivity index (χ2v) is 6.51. The number of likely N-dealkylation sites (tertiary alicyclic amines) is 1. The van der Waals surface area contributed by atoms with Gasteiger partial charge in [0.05, 0.1) is 0 Å². The van der Waals surface area contributed by atoms with E-state index in [2.05, 4.69) is 30.5 Å². The molecule has 3 N–H and O–H groups in total. The quantitative estimate of drug-likeness (QED) is 0.755. The third-order valence-electron chi connectivity index (χ3n) is 4.18. The number of anilines is 1. The molecule has 2 rings (SSSR count). The second-order valence-electron chi connectivity index (χ2n) is 6.51. The first-order chi connectivity index (χ1) is 11.1. The van der Waals surface area contributed by atoms with Crippen molar-refractivity contribution in [3.05, 3.63) is 29.8 Å². The minimum absolute atomic E-state index is 0.0228. The molecule has 1 saturated heterocycles. The molecule has 5 nitrogen and oxygen atoms in total. The zero-order valence-corrected chi connectivity index (χ0v) is 14.2. The molecule has 1 aromatic carbocycles. The van der Waals surface area contributed by atoms with Crippen LogP contribution in [0.2, 0.25) is 0 Å². The maximum Gasteiger partial charge on any atom is 0.317 e. The first-order valence-corrected chi connectivity index (χ1v) is 8.61. The third kappa shape index (κ3) is 5.43. The van der Waals surface area contributed by atoms with Gasteiger partial charge in [-0.2, -0.15) is 0 Å². The number of aliphatic hydroxyl groups excluding tert-OH is 1. The highest BCUT2D eigenvalue weighted by molar-refractivity contribution is 5.74. The Labute approximate surface area is 139 Å². The molecule has 1 aliphatic heterocycles. The van der Waals surface area contributed by atoms with Gasteiger partial charge in [0, 0.05) is 37.5 Å². The largest absolute Gasteiger partial charge is 0.396 e. The van der Waals surface area contributed by atoms with Gasteiger partial charge in [0.1, 0.15) is 0 Å². The average Bonchev–Trinajstić information content (AvgIpc) is 2.53. The standard InChI is InChI=1S/C18H29N3O2/c1-14(2)20-16-7-5-6-15(12-16)13-19-18(23)21-10-4-3-8-17(21)9-11-22/h5-7,12,14,17,20,22H,3-4,8-11,13H2,1-2H3,(H,19,23). The molecule has 0 saturated carbocycles. The number of piperidine rings is 1. The Bertz CT molecular complexity index is 503. The number of amides is 2. The SMILES string of the molecule is CC(C)Nc1cccc(CNC(=O)N2CCCCC2CCO)c1. The van der Waals surface area contributed by atoms with Crippen molar-refractivity contribution in [2.75, 3.05) is 18.5 Å². The van der Waals surface area contributed by atoms with E-state index in [4.69, 9.17) is 5.11 Å². The van der Waals surface area contributed by atoms with Gasteiger partial charge in [-0.3, -0.25) is 0 Å². The van der Waals surface area contributed by atoms with Crippen LogP contribution in [0.1, 0.15) is 45.1 Å². The molecule has 1 fully saturated rings. The summed E-state index contributed by atoms with van der Waals surface area (Å²) in [5.41, 5.74) is 2.16. The molecule has 1 unspecified atom stereocenters. The van der Waals surface area contributed by atoms with Gasteiger partial charge in [0.25, 0.3) is 0 Å². The van der Waals surface area contributed by atoms with E-state index < -0.39 is 0 Å². The lowest BCUT2D eigenvalue weighted by molar-refractivity contribution is 0.131. The van der Waals surface area contributed by atoms with Gasteiger partial charge >= 0.3 is 6.03 Å². The summed E-state index contributed by atoms with van der Waals surface area (Å²) in [6.45, 7) is 5.65. The van der Waals surface area contributed by atoms with Crippen LogP contribution in [0.25, 0.3) is 0 Å². The number of benzene rings is 1. The second kappa shape index (κ2) is 8.77. The Hall–Kier alpha value is -1.75. The molecule has 1 atom stereocenters. The molecule has 1 aliphatic rings. The van der Waals surface area contributed by atoms with E-state index in [1.54, 1.807) is 0 Å². The maximum atomic E-state index is 12.4. The van der Waals surface area contributed by atoms with Gasteiger partial charge in [0.15, 0.2) is 0 Å². The van der Waals surface area contributed by atoms with Crippen molar-refractivity contribution in [3.8, 4) is 0 Å². The van der Waals surface area contributed by atoms with Crippen molar-refractivity contribution < 1.29 is 9.90 Å². The summed E-state index contributed by atoms with van der Waals surface area (Å²) >= 11 is 0. The molecule has 0 bridgehead atoms. The highest BCUT2D eigenvalue weighted by Crippen LogP contribution is 2.19. The molecule has 1 aromatic rings. The van der Waals surface area contributed by atoms with Gasteiger partial charge in [-0.1, -0.05) is 12.1 Å². The fourth-order valence-electron chi connectivity index (χ4n) is 3.10. The van der Waals surface area contributed by atoms with Crippen LogP contribution in [0, 0.1) is 0 Å². The number of carbonyl (C=O) groups is 1. The Balaban J connectivity index is 1.90. The summed E-state index contributed by atoms with van der Waals surface area (Å²) in [5.74, 6) is 0. The van der Waals surface area contributed by atoms with Gasteiger partial charge in [-0.25, -0.2) is 4.79 Å². The minimum atomic E-state index is -0.0228. The van der Waals surface area contributed by atoms with Crippen molar-refractivity contribution in [2.24, 2.45) is 0 Å². The number of nitrogens with one attached hydrogen (secondary N) is 2. The molecule has 0 spiro atoms. The van der Waals surface area contributed by atoms with E-state index in [0.29, 0.717) is 19.0 Å². The Kier molecular flexibility index (Phi) is 6.71. The van der Waals surface area contributed by atoms with Gasteiger partial charge < -0.3 is 20.6 Å². The Morgan fingerprint density at radius 1 is 1.39 bits per heavy atom. The summed E-state index contributed by atoms with van der Waals surface area (Å²) in [6, 6.07) is 8.66. The van der Waals surface area contributed by atoms with Gasteiger partial charge in [-0.15, -0.1) is 0 Å². The number of hydrogen-bond donors (Lipinski definition) is 3. The van der Waals surface area contributed by atoms with Crippen molar-refractivity contribution in [1.82, 2.24) is 10.2 Å². The highest BCUT2D eigenvalue weighted by Gasteiger charge is 2.25. The molecule has 23 heavy (non-hydrogen) atoms. The first kappa shape index (κ1) is 17.6. The van der Waals surface area contributed by atoms with E-state index >= 15 is 0 Å². The lowest BCUT2D eigenvalue weighted by Gasteiger charge is -2.35. The lowest BCUT2D eigenvalue weighted by Crippen LogP contribution is -2.48. The predicted molar refractivity (Wildman–Crippen MR) is 93.5 cm³/mol. The maximum absolute atomic E-state index is 12.4. The number of nitrogens with zero attached hydrogens (tertiary/aromatic N) is 1. The molecule has 128 valence electrons. The monoisotopic (exact) mass is 319 g/mol. The number of hydrogen-bond acceptors (Lipinski definition) is 3. The van der Waals surface area contributed by atoms with Crippen molar-refractivity contribution >= 4 is 11.7 Å². The molecule has 2 amide bonds. The molecule has 5 heteroatoms. The fourth-order valence-corrected chi connectivity index (χ4v) is 3.10. The number of aliphatic hydroxyl groups is 1. The third-order valence-corrected chi connectivity index (χ3v) is 4.18. The van der Waals surface area contributed by atoms with Crippen LogP contribution in [-0.4, -0.2) is 41.3 Å². The molecular weight excluding hydrogens is 290 g/mol. The summed E-state index contributed by atoms with van der Waals surface area (Å²) in [5, 5.41) is 15.5. The zero-order chi connectivity index (χ0) is 16.7. The van der Waals surface area contributed by atoms with Gasteiger partial charge in [-0.05, 0) is 57.2 Å². The fraction of sp³-hybridized carbons (Fsp3) is 0.611. The normalized spacial score (nSPS) is 18.1. The predicted octanol–water partition coefficient (Wildman–Crippen LogP) is 2.95. The van der Waals surface area contributed by atoms with Crippen LogP contribution >= 0.6 is 0 Å². The van der Waals surface area contributed by atoms with E-state index in [9.17, 15) is 4.79 Å². The summed E-state index contributed by atoms with van der Waals surface area (Å²) in [6.07, 6.45) is 3.84. The molecule has 1 heterocycles. The molecular formula is C18H29N3O2. The number of urea groups is 1. The highest BCUT2D eigenvalue weighted by atomic mass is 16.3. The number of carbonyl (C=O) groups excluding carboxylic acids is 1. The van der Waals surface area contributed by atoms with Crippen LogP contribution < -0.4 is 10.6 Å². The Morgan fingerprint density at radius 3 is 2.96 bits per heavy atom. The van der Waals surface area contributed by atoms with Crippen LogP contribution in [0.3, 0.4) is 0 Å². The van der Waals surface area contributed by atoms with Crippen LogP contribution in [0.4, 0.5) is 10.5 Å². The minimum Gasteiger partial charge on any atom is -0.396 e. The zero-order valence-electron chi connectivity index (χ0n) is 14.2. The molecule has 0 aliphatic carbocycles. The van der Waals surface area contributed by atoms with Crippen molar-refractivity contribution in [3.63, 3.8) is 0 Å². The lowest BCUT2D eigenvalue weighted by atomic mass is 10.0. The summed E-state index contributed by atoms with van der Waals surface area (Å²) < 4.78 is 0. The van der Waals surface area contributed by atoms with E-state index in [1.165, 1.54) is 0 Å². The van der Waals surface area contributed by atoms with Crippen LogP contribution in [-0.2, 0) is 6.54 Å². The molecule has 0 aromatic heterocycles. The average molecular weight is 319 g/mol. The number of rotatable bonds is 6. The van der Waals surface area contributed by atoms with E-state index in [1.807, 2.05) is 23.1 Å². The van der Waals surface area contributed by atoms with Crippen LogP contribution in [0.5, 0.6) is 0 Å². The van der Waals surface area contributed by atoms with Crippen molar-refractivity contribution in [1.29, 1.82) is 0 Å². The van der Waals surface area contributed by atoms with E-state index in [-0.39, 0.29) is 18.7 Å². The smallest absolute Gasteiger partial charge is 0.317 e. The van der Waals surface area contributed by atoms with Gasteiger partial charge in [0.2, 0.25) is 0 Å². The van der Waals surface area contributed by atoms with E-state index in [0.717, 1.165) is 37.1 Å².